The van der Waals surface area contributed by atoms with E-state index in [1.165, 1.54) is 61.1 Å². The second-order valence-corrected chi connectivity index (χ2v) is 11.2. The van der Waals surface area contributed by atoms with Crippen molar-refractivity contribution in [3.8, 4) is 39.2 Å². The van der Waals surface area contributed by atoms with Crippen molar-refractivity contribution < 1.29 is 0 Å². The summed E-state index contributed by atoms with van der Waals surface area (Å²) in [7, 11) is 0. The largest absolute Gasteiger partial charge is 0.294 e. The molecule has 43 heavy (non-hydrogen) atoms. The summed E-state index contributed by atoms with van der Waals surface area (Å²) >= 11 is 0. The van der Waals surface area contributed by atoms with Crippen molar-refractivity contribution in [2.45, 2.75) is 12.8 Å². The summed E-state index contributed by atoms with van der Waals surface area (Å²) in [5, 5.41) is 1.31. The van der Waals surface area contributed by atoms with Gasteiger partial charge in [-0.1, -0.05) is 121 Å². The lowest BCUT2D eigenvalue weighted by atomic mass is 9.91. The Kier molecular flexibility index (Phi) is 6.31. The molecule has 2 nitrogen and oxygen atoms in total. The lowest BCUT2D eigenvalue weighted by Crippen LogP contribution is -2.04. The van der Waals surface area contributed by atoms with Crippen molar-refractivity contribution in [1.82, 2.24) is 9.55 Å². The van der Waals surface area contributed by atoms with E-state index in [9.17, 15) is 0 Å². The quantitative estimate of drug-likeness (QED) is 0.208. The Morgan fingerprint density at radius 2 is 1.05 bits per heavy atom. The molecule has 8 rings (SSSR count). The van der Waals surface area contributed by atoms with E-state index in [2.05, 4.69) is 156 Å². The molecule has 1 aliphatic rings. The molecule has 2 heteroatoms. The Labute approximate surface area is 252 Å². The summed E-state index contributed by atoms with van der Waals surface area (Å²) < 4.78 is 2.35. The molecule has 0 saturated heterocycles. The maximum Gasteiger partial charge on any atom is 0.138 e. The van der Waals surface area contributed by atoms with Gasteiger partial charge in [-0.05, 0) is 93.3 Å². The number of allylic oxidation sites excluding steroid dienone is 1. The average Bonchev–Trinajstić information content (AvgIpc) is 3.43. The van der Waals surface area contributed by atoms with E-state index in [0.717, 1.165) is 24.2 Å². The zero-order valence-corrected chi connectivity index (χ0v) is 23.8. The summed E-state index contributed by atoms with van der Waals surface area (Å²) in [5.74, 6) is 0.943. The van der Waals surface area contributed by atoms with Gasteiger partial charge in [-0.15, -0.1) is 0 Å². The molecule has 0 radical (unpaired) electrons. The van der Waals surface area contributed by atoms with Crippen LogP contribution in [0, 0.1) is 0 Å². The summed E-state index contributed by atoms with van der Waals surface area (Å²) in [6.45, 7) is 0. The molecule has 0 atom stereocenters. The monoisotopic (exact) mass is 550 g/mol. The smallest absolute Gasteiger partial charge is 0.138 e. The van der Waals surface area contributed by atoms with E-state index in [1.54, 1.807) is 0 Å². The molecule has 0 N–H and O–H groups in total. The number of hydrogen-bond acceptors (Lipinski definition) is 1. The molecule has 7 aromatic rings. The molecule has 2 aromatic heterocycles. The Balaban J connectivity index is 1.19. The molecule has 0 fully saturated rings. The van der Waals surface area contributed by atoms with Crippen LogP contribution in [0.2, 0.25) is 0 Å². The fourth-order valence-electron chi connectivity index (χ4n) is 6.45. The van der Waals surface area contributed by atoms with Gasteiger partial charge in [-0.25, -0.2) is 4.98 Å². The molecule has 5 aromatic carbocycles. The lowest BCUT2D eigenvalue weighted by Gasteiger charge is -2.17. The highest BCUT2D eigenvalue weighted by Gasteiger charge is 2.22. The second-order valence-electron chi connectivity index (χ2n) is 11.2. The number of nitrogens with zero attached hydrogens (tertiary/aromatic N) is 2. The molecule has 0 spiro atoms. The maximum atomic E-state index is 4.92. The molecule has 0 unspecified atom stereocenters. The SMILES string of the molecule is C1=C(c2ccccc2)CCc2c1n(-c1cc(-c3cccc(-c4ccc(-c5ccccc5)cc4)c3)ccn1)c1ccccc21. The first-order valence-electron chi connectivity index (χ1n) is 14.9. The van der Waals surface area contributed by atoms with Crippen molar-refractivity contribution in [1.29, 1.82) is 0 Å². The van der Waals surface area contributed by atoms with Gasteiger partial charge in [0.15, 0.2) is 0 Å². The fraction of sp³-hybridized carbons (Fsp3) is 0.0488. The summed E-state index contributed by atoms with van der Waals surface area (Å²) in [6, 6.07) is 52.0. The van der Waals surface area contributed by atoms with E-state index in [0.29, 0.717) is 0 Å². The van der Waals surface area contributed by atoms with Gasteiger partial charge in [0.05, 0.1) is 11.2 Å². The van der Waals surface area contributed by atoms with Crippen molar-refractivity contribution in [3.05, 3.63) is 169 Å². The van der Waals surface area contributed by atoms with E-state index in [-0.39, 0.29) is 0 Å². The van der Waals surface area contributed by atoms with E-state index < -0.39 is 0 Å². The summed E-state index contributed by atoms with van der Waals surface area (Å²) in [6.07, 6.45) is 6.38. The maximum absolute atomic E-state index is 4.92. The third-order valence-corrected chi connectivity index (χ3v) is 8.62. The number of rotatable bonds is 5. The Hall–Kier alpha value is -5.47. The molecule has 1 aliphatic carbocycles. The van der Waals surface area contributed by atoms with Crippen LogP contribution in [0.15, 0.2) is 152 Å². The van der Waals surface area contributed by atoms with Crippen LogP contribution < -0.4 is 0 Å². The van der Waals surface area contributed by atoms with Gasteiger partial charge in [0.25, 0.3) is 0 Å². The van der Waals surface area contributed by atoms with Gasteiger partial charge in [0, 0.05) is 11.6 Å². The minimum Gasteiger partial charge on any atom is -0.294 e. The zero-order valence-electron chi connectivity index (χ0n) is 23.8. The number of pyridine rings is 1. The van der Waals surface area contributed by atoms with E-state index in [1.807, 2.05) is 6.20 Å². The molecule has 0 amide bonds. The van der Waals surface area contributed by atoms with Crippen molar-refractivity contribution in [2.24, 2.45) is 0 Å². The third kappa shape index (κ3) is 4.67. The van der Waals surface area contributed by atoms with Gasteiger partial charge in [-0.3, -0.25) is 4.57 Å². The van der Waals surface area contributed by atoms with Gasteiger partial charge >= 0.3 is 0 Å². The van der Waals surface area contributed by atoms with Crippen LogP contribution in [0.5, 0.6) is 0 Å². The predicted molar refractivity (Wildman–Crippen MR) is 180 cm³/mol. The van der Waals surface area contributed by atoms with Gasteiger partial charge in [0.1, 0.15) is 5.82 Å². The van der Waals surface area contributed by atoms with Gasteiger partial charge in [-0.2, -0.15) is 0 Å². The summed E-state index contributed by atoms with van der Waals surface area (Å²) in [5.41, 5.74) is 13.7. The van der Waals surface area contributed by atoms with Crippen molar-refractivity contribution >= 4 is 22.6 Å². The Morgan fingerprint density at radius 3 is 1.81 bits per heavy atom. The van der Waals surface area contributed by atoms with Crippen LogP contribution >= 0.6 is 0 Å². The lowest BCUT2D eigenvalue weighted by molar-refractivity contribution is 0.962. The normalized spacial score (nSPS) is 12.6. The highest BCUT2D eigenvalue weighted by atomic mass is 15.1. The Bertz CT molecular complexity index is 2100. The van der Waals surface area contributed by atoms with E-state index in [4.69, 9.17) is 4.98 Å². The van der Waals surface area contributed by atoms with Crippen LogP contribution in [-0.2, 0) is 6.42 Å². The molecule has 204 valence electrons. The Morgan fingerprint density at radius 1 is 0.465 bits per heavy atom. The van der Waals surface area contributed by atoms with E-state index >= 15 is 0 Å². The predicted octanol–water partition coefficient (Wildman–Crippen LogP) is 10.5. The molecule has 0 aliphatic heterocycles. The number of aryl methyl sites for hydroxylation is 1. The number of benzene rings is 5. The standard InChI is InChI=1S/C41H30N2/c1-3-10-29(11-4-1)31-18-20-32(21-19-31)33-14-9-15-34(26-33)36-24-25-42-41(28-36)43-39-17-8-7-16-37(39)38-23-22-35(27-40(38)43)30-12-5-2-6-13-30/h1-21,24-28H,22-23H2. The number of hydrogen-bond donors (Lipinski definition) is 0. The molecule has 2 heterocycles. The van der Waals surface area contributed by atoms with Crippen LogP contribution in [0.3, 0.4) is 0 Å². The number of para-hydroxylation sites is 1. The highest BCUT2D eigenvalue weighted by molar-refractivity contribution is 5.95. The second kappa shape index (κ2) is 10.7. The minimum atomic E-state index is 0.943. The first-order valence-corrected chi connectivity index (χ1v) is 14.9. The van der Waals surface area contributed by atoms with Crippen molar-refractivity contribution in [2.75, 3.05) is 0 Å². The van der Waals surface area contributed by atoms with Crippen LogP contribution in [0.1, 0.15) is 23.2 Å². The van der Waals surface area contributed by atoms with Gasteiger partial charge < -0.3 is 0 Å². The first kappa shape index (κ1) is 25.3. The molecular weight excluding hydrogens is 520 g/mol. The number of fused-ring (bicyclic) bond motifs is 3. The highest BCUT2D eigenvalue weighted by Crippen LogP contribution is 2.38. The topological polar surface area (TPSA) is 17.8 Å². The molecule has 0 saturated carbocycles. The first-order chi connectivity index (χ1) is 21.3. The van der Waals surface area contributed by atoms with Crippen LogP contribution in [0.4, 0.5) is 0 Å². The molecule has 0 bridgehead atoms. The summed E-state index contributed by atoms with van der Waals surface area (Å²) in [4.78, 5) is 4.92. The van der Waals surface area contributed by atoms with Gasteiger partial charge in [0.2, 0.25) is 0 Å². The van der Waals surface area contributed by atoms with Crippen molar-refractivity contribution in [3.63, 3.8) is 0 Å². The van der Waals surface area contributed by atoms with Crippen LogP contribution in [0.25, 0.3) is 61.8 Å². The molecular formula is C41H30N2. The fourth-order valence-corrected chi connectivity index (χ4v) is 6.45. The van der Waals surface area contributed by atoms with Crippen LogP contribution in [-0.4, -0.2) is 9.55 Å². The zero-order chi connectivity index (χ0) is 28.6. The average molecular weight is 551 g/mol. The third-order valence-electron chi connectivity index (χ3n) is 8.62. The minimum absolute atomic E-state index is 0.943. The number of aromatic nitrogens is 2.